The van der Waals surface area contributed by atoms with Gasteiger partial charge < -0.3 is 26.0 Å². The quantitative estimate of drug-likeness (QED) is 0.140. The van der Waals surface area contributed by atoms with E-state index in [1.54, 1.807) is 0 Å². The van der Waals surface area contributed by atoms with Crippen molar-refractivity contribution in [1.29, 1.82) is 0 Å². The van der Waals surface area contributed by atoms with Gasteiger partial charge in [-0.3, -0.25) is 5.10 Å². The normalized spacial score (nSPS) is 20.9. The fourth-order valence-electron chi connectivity index (χ4n) is 8.13. The average Bonchev–Trinajstić information content (AvgIpc) is 3.70. The van der Waals surface area contributed by atoms with Crippen LogP contribution in [0.15, 0.2) is 72.8 Å². The number of fused-ring (bicyclic) bond motifs is 2. The van der Waals surface area contributed by atoms with Gasteiger partial charge in [-0.1, -0.05) is 63.2 Å². The zero-order chi connectivity index (χ0) is 32.1. The summed E-state index contributed by atoms with van der Waals surface area (Å²) >= 11 is 0. The van der Waals surface area contributed by atoms with Crippen LogP contribution in [0.1, 0.15) is 52.0 Å². The van der Waals surface area contributed by atoms with Crippen LogP contribution in [-0.4, -0.2) is 46.4 Å². The van der Waals surface area contributed by atoms with Crippen molar-refractivity contribution in [1.82, 2.24) is 15.1 Å². The Morgan fingerprint density at radius 2 is 1.76 bits per heavy atom. The number of nitrogen functional groups attached to an aromatic ring is 1. The number of aryl methyl sites for hydroxylation is 1. The van der Waals surface area contributed by atoms with Crippen molar-refractivity contribution in [2.24, 2.45) is 11.3 Å². The van der Waals surface area contributed by atoms with E-state index in [0.29, 0.717) is 11.7 Å². The Labute approximate surface area is 270 Å². The summed E-state index contributed by atoms with van der Waals surface area (Å²) in [6.07, 6.45) is 4.70. The maximum absolute atomic E-state index is 13.0. The number of ether oxygens (including phenoxy) is 1. The highest BCUT2D eigenvalue weighted by Gasteiger charge is 2.60. The number of aromatic nitrogens is 2. The predicted molar refractivity (Wildman–Crippen MR) is 188 cm³/mol. The minimum Gasteiger partial charge on any atom is -0.484 e. The highest BCUT2D eigenvalue weighted by Crippen LogP contribution is 2.58. The molecule has 5 N–H and O–H groups in total. The first kappa shape index (κ1) is 30.1. The molecule has 4 aromatic carbocycles. The van der Waals surface area contributed by atoms with Gasteiger partial charge in [0.15, 0.2) is 5.82 Å². The molecular weight excluding hydrogens is 572 g/mol. The lowest BCUT2D eigenvalue weighted by atomic mass is 9.51. The fourth-order valence-corrected chi connectivity index (χ4v) is 8.13. The lowest BCUT2D eigenvalue weighted by Crippen LogP contribution is -2.65. The zero-order valence-electron chi connectivity index (χ0n) is 27.2. The first-order chi connectivity index (χ1) is 22.1. The number of urea groups is 1. The molecule has 1 aliphatic heterocycles. The number of hydrogen-bond acceptors (Lipinski definition) is 5. The van der Waals surface area contributed by atoms with Crippen molar-refractivity contribution in [3.8, 4) is 16.9 Å². The van der Waals surface area contributed by atoms with Gasteiger partial charge in [-0.2, -0.15) is 5.10 Å². The molecular formula is C38H44N6O2. The summed E-state index contributed by atoms with van der Waals surface area (Å²) < 4.78 is 7.14. The van der Waals surface area contributed by atoms with E-state index in [2.05, 4.69) is 64.7 Å². The third-order valence-corrected chi connectivity index (χ3v) is 10.5. The van der Waals surface area contributed by atoms with Crippen LogP contribution in [0.25, 0.3) is 32.8 Å². The molecule has 2 amide bonds. The van der Waals surface area contributed by atoms with E-state index in [-0.39, 0.29) is 17.0 Å². The molecule has 2 fully saturated rings. The van der Waals surface area contributed by atoms with Crippen molar-refractivity contribution >= 4 is 44.9 Å². The summed E-state index contributed by atoms with van der Waals surface area (Å²) in [6.45, 7) is 12.4. The van der Waals surface area contributed by atoms with Gasteiger partial charge in [0.2, 0.25) is 0 Å². The van der Waals surface area contributed by atoms with E-state index in [4.69, 9.17) is 10.5 Å². The number of likely N-dealkylation sites (tertiary alicyclic amines) is 1. The van der Waals surface area contributed by atoms with Crippen LogP contribution in [0.3, 0.4) is 0 Å². The van der Waals surface area contributed by atoms with Crippen LogP contribution in [-0.2, 0) is 0 Å². The first-order valence-electron chi connectivity index (χ1n) is 16.5. The first-order valence-corrected chi connectivity index (χ1v) is 16.5. The molecule has 2 atom stereocenters. The van der Waals surface area contributed by atoms with Crippen LogP contribution in [0.4, 0.5) is 22.0 Å². The number of H-pyrrole nitrogens is 1. The molecule has 2 unspecified atom stereocenters. The number of aromatic amines is 1. The van der Waals surface area contributed by atoms with Crippen LogP contribution >= 0.6 is 0 Å². The van der Waals surface area contributed by atoms with Crippen molar-refractivity contribution in [2.75, 3.05) is 36.0 Å². The number of nitrogens with two attached hydrogens (primary N) is 1. The Morgan fingerprint density at radius 3 is 2.50 bits per heavy atom. The fraction of sp³-hybridized carbons (Fsp3) is 0.368. The smallest absolute Gasteiger partial charge is 0.323 e. The number of carbonyl (C=O) groups is 1. The van der Waals surface area contributed by atoms with E-state index in [9.17, 15) is 4.79 Å². The number of anilines is 3. The maximum Gasteiger partial charge on any atom is 0.323 e. The third-order valence-electron chi connectivity index (χ3n) is 10.5. The SMILES string of the molecule is Cc1cccc(NC(=O)Nc2ccc(-c3ccc(OC4(CCN5CCCC5)C(C)CC4(C)C)c4[nH]nc(N)c34)c3ccccc23)c1. The highest BCUT2D eigenvalue weighted by molar-refractivity contribution is 6.14. The molecule has 1 saturated carbocycles. The second-order valence-corrected chi connectivity index (χ2v) is 13.9. The largest absolute Gasteiger partial charge is 0.484 e. The molecule has 2 heterocycles. The summed E-state index contributed by atoms with van der Waals surface area (Å²) in [4.78, 5) is 15.6. The highest BCUT2D eigenvalue weighted by atomic mass is 16.5. The number of benzene rings is 4. The second kappa shape index (κ2) is 11.7. The van der Waals surface area contributed by atoms with E-state index >= 15 is 0 Å². The Kier molecular flexibility index (Phi) is 7.64. The monoisotopic (exact) mass is 616 g/mol. The zero-order valence-corrected chi connectivity index (χ0v) is 27.2. The van der Waals surface area contributed by atoms with Gasteiger partial charge in [-0.05, 0) is 97.6 Å². The van der Waals surface area contributed by atoms with Crippen molar-refractivity contribution < 1.29 is 9.53 Å². The number of hydrogen-bond donors (Lipinski definition) is 4. The second-order valence-electron chi connectivity index (χ2n) is 13.9. The minimum absolute atomic E-state index is 0.0490. The Bertz CT molecular complexity index is 1920. The molecule has 0 bridgehead atoms. The van der Waals surface area contributed by atoms with Gasteiger partial charge in [0.1, 0.15) is 16.9 Å². The van der Waals surface area contributed by atoms with Gasteiger partial charge in [-0.25, -0.2) is 4.79 Å². The summed E-state index contributed by atoms with van der Waals surface area (Å²) in [5.74, 6) is 1.66. The van der Waals surface area contributed by atoms with E-state index in [0.717, 1.165) is 74.9 Å². The molecule has 0 radical (unpaired) electrons. The lowest BCUT2D eigenvalue weighted by Gasteiger charge is -2.60. The van der Waals surface area contributed by atoms with E-state index in [1.807, 2.05) is 61.5 Å². The molecule has 5 aromatic rings. The van der Waals surface area contributed by atoms with Crippen LogP contribution in [0.5, 0.6) is 5.75 Å². The van der Waals surface area contributed by atoms with Gasteiger partial charge in [0, 0.05) is 29.5 Å². The number of amides is 2. The molecule has 1 aliphatic carbocycles. The third kappa shape index (κ3) is 5.24. The number of nitrogens with zero attached hydrogens (tertiary/aromatic N) is 2. The molecule has 2 aliphatic rings. The van der Waals surface area contributed by atoms with Crippen LogP contribution < -0.4 is 21.1 Å². The Balaban J connectivity index is 1.23. The summed E-state index contributed by atoms with van der Waals surface area (Å²) in [6, 6.07) is 23.7. The molecule has 46 heavy (non-hydrogen) atoms. The summed E-state index contributed by atoms with van der Waals surface area (Å²) in [7, 11) is 0. The van der Waals surface area contributed by atoms with Gasteiger partial charge in [0.25, 0.3) is 0 Å². The number of carbonyl (C=O) groups excluding carboxylic acids is 1. The summed E-state index contributed by atoms with van der Waals surface area (Å²) in [5.41, 5.74) is 11.7. The molecule has 8 nitrogen and oxygen atoms in total. The Hall–Kier alpha value is -4.56. The van der Waals surface area contributed by atoms with Crippen molar-refractivity contribution in [3.63, 3.8) is 0 Å². The molecule has 7 rings (SSSR count). The van der Waals surface area contributed by atoms with E-state index in [1.165, 1.54) is 25.9 Å². The van der Waals surface area contributed by atoms with E-state index < -0.39 is 0 Å². The van der Waals surface area contributed by atoms with Crippen molar-refractivity contribution in [2.45, 2.75) is 59.0 Å². The number of rotatable bonds is 8. The number of nitrogens with one attached hydrogen (secondary N) is 3. The minimum atomic E-state index is -0.293. The van der Waals surface area contributed by atoms with Crippen LogP contribution in [0.2, 0.25) is 0 Å². The summed E-state index contributed by atoms with van der Waals surface area (Å²) in [5, 5.41) is 16.5. The van der Waals surface area contributed by atoms with Gasteiger partial charge in [0.05, 0.1) is 11.1 Å². The Morgan fingerprint density at radius 1 is 1.00 bits per heavy atom. The van der Waals surface area contributed by atoms with Crippen LogP contribution in [0, 0.1) is 18.3 Å². The molecule has 1 aromatic heterocycles. The van der Waals surface area contributed by atoms with Gasteiger partial charge in [-0.15, -0.1) is 0 Å². The molecule has 0 spiro atoms. The maximum atomic E-state index is 13.0. The lowest BCUT2D eigenvalue weighted by molar-refractivity contribution is -0.180. The van der Waals surface area contributed by atoms with Gasteiger partial charge >= 0.3 is 6.03 Å². The average molecular weight is 617 g/mol. The standard InChI is InChI=1S/C38H44N6O2/c1-24-10-9-11-26(22-24)40-36(45)41-31-16-14-28(27-12-5-6-13-29(27)31)30-15-17-32(34-33(30)35(39)43-42-34)46-38(25(2)23-37(38,3)4)18-21-44-19-7-8-20-44/h5-6,9-17,22,25H,7-8,18-21,23H2,1-4H3,(H3,39,42,43)(H2,40,41,45). The predicted octanol–water partition coefficient (Wildman–Crippen LogP) is 8.59. The topological polar surface area (TPSA) is 108 Å². The molecule has 238 valence electrons. The van der Waals surface area contributed by atoms with Crippen molar-refractivity contribution in [3.05, 3.63) is 78.4 Å². The molecule has 1 saturated heterocycles. The molecule has 8 heteroatoms.